The minimum Gasteiger partial charge on any atom is -0.491 e. The fraction of sp³-hybridized carbons (Fsp3) is 0.194. The molecular formula is C36H29N3O6. The molecule has 0 aliphatic carbocycles. The minimum atomic E-state index is -1.50. The topological polar surface area (TPSA) is 119 Å². The van der Waals surface area contributed by atoms with E-state index in [1.54, 1.807) is 36.5 Å². The van der Waals surface area contributed by atoms with Gasteiger partial charge in [-0.25, -0.2) is 0 Å². The van der Waals surface area contributed by atoms with Crippen molar-refractivity contribution in [2.45, 2.75) is 37.5 Å². The van der Waals surface area contributed by atoms with E-state index < -0.39 is 34.1 Å². The molecule has 0 radical (unpaired) electrons. The molecule has 1 fully saturated rings. The van der Waals surface area contributed by atoms with E-state index in [1.807, 2.05) is 67.3 Å². The number of hydrogen-bond acceptors (Lipinski definition) is 7. The average Bonchev–Trinajstić information content (AvgIpc) is 3.52. The molecule has 4 aromatic rings. The Kier molecular flexibility index (Phi) is 6.62. The van der Waals surface area contributed by atoms with Gasteiger partial charge in [0.15, 0.2) is 11.6 Å². The van der Waals surface area contributed by atoms with Crippen molar-refractivity contribution in [3.63, 3.8) is 0 Å². The van der Waals surface area contributed by atoms with Gasteiger partial charge in [-0.15, -0.1) is 0 Å². The highest BCUT2D eigenvalue weighted by Gasteiger charge is 2.70. The molecule has 0 aromatic heterocycles. The third kappa shape index (κ3) is 4.26. The number of hydrogen-bond donors (Lipinski definition) is 1. The Balaban J connectivity index is 1.48. The predicted octanol–water partition coefficient (Wildman–Crippen LogP) is 6.36. The van der Waals surface area contributed by atoms with E-state index in [0.717, 1.165) is 11.1 Å². The van der Waals surface area contributed by atoms with Crippen LogP contribution in [-0.4, -0.2) is 39.4 Å². The zero-order chi connectivity index (χ0) is 31.5. The van der Waals surface area contributed by atoms with Gasteiger partial charge < -0.3 is 15.0 Å². The monoisotopic (exact) mass is 599 g/mol. The smallest absolute Gasteiger partial charge is 0.270 e. The summed E-state index contributed by atoms with van der Waals surface area (Å²) in [7, 11) is 0. The lowest BCUT2D eigenvalue weighted by atomic mass is 9.62. The number of nitrogens with zero attached hydrogens (tertiary/aromatic N) is 2. The molecule has 3 aliphatic heterocycles. The normalized spacial score (nSPS) is 22.5. The number of amides is 1. The number of carbonyl (C=O) groups excluding carboxylic acids is 3. The Morgan fingerprint density at radius 3 is 2.40 bits per heavy atom. The largest absolute Gasteiger partial charge is 0.491 e. The van der Waals surface area contributed by atoms with E-state index in [-0.39, 0.29) is 29.0 Å². The second-order valence-electron chi connectivity index (χ2n) is 11.8. The van der Waals surface area contributed by atoms with Crippen LogP contribution in [0.3, 0.4) is 0 Å². The summed E-state index contributed by atoms with van der Waals surface area (Å²) in [6.45, 7) is 3.81. The van der Waals surface area contributed by atoms with Crippen LogP contribution in [0, 0.1) is 16.0 Å². The Labute approximate surface area is 259 Å². The summed E-state index contributed by atoms with van der Waals surface area (Å²) >= 11 is 0. The SMILES string of the molecule is CC(C)Oc1ccc(C(=O)[C@@H]2[C@@H](C(=O)c3cccc([N+](=O)[O-])c3)N3C=Cc4ccccc4[C@@H]3[C@]23C(=O)Nc2ccccc23)cc1. The van der Waals surface area contributed by atoms with Crippen LogP contribution in [0.15, 0.2) is 103 Å². The number of ether oxygens (including phenoxy) is 1. The molecule has 0 bridgehead atoms. The first kappa shape index (κ1) is 28.2. The first-order chi connectivity index (χ1) is 21.7. The standard InChI is InChI=1S/C36H29N3O6/c1-21(2)45-26-16-14-23(15-17-26)32(40)30-31(33(41)24-9-7-10-25(20-24)39(43)44)38-19-18-22-8-3-4-11-27(22)34(38)36(30)28-12-5-6-13-29(28)37-35(36)42/h3-21,30-31,34H,1-2H3,(H,37,42)/t30-,31-,34+,36+/m0/s1. The number of nitrogens with one attached hydrogen (secondary N) is 1. The summed E-state index contributed by atoms with van der Waals surface area (Å²) in [4.78, 5) is 57.1. The van der Waals surface area contributed by atoms with Crippen LogP contribution in [-0.2, 0) is 10.2 Å². The van der Waals surface area contributed by atoms with Crippen molar-refractivity contribution >= 4 is 34.9 Å². The van der Waals surface area contributed by atoms with Crippen molar-refractivity contribution < 1.29 is 24.0 Å². The molecule has 4 atom stereocenters. The maximum atomic E-state index is 14.9. The fourth-order valence-electron chi connectivity index (χ4n) is 7.26. The Morgan fingerprint density at radius 1 is 0.911 bits per heavy atom. The third-order valence-electron chi connectivity index (χ3n) is 8.97. The molecule has 224 valence electrons. The minimum absolute atomic E-state index is 0.0666. The number of nitro benzene ring substituents is 1. The number of nitro groups is 1. The van der Waals surface area contributed by atoms with Crippen LogP contribution in [0.5, 0.6) is 5.75 Å². The Morgan fingerprint density at radius 2 is 1.64 bits per heavy atom. The lowest BCUT2D eigenvalue weighted by Crippen LogP contribution is -2.49. The molecule has 9 heteroatoms. The molecule has 1 N–H and O–H groups in total. The molecule has 9 nitrogen and oxygen atoms in total. The lowest BCUT2D eigenvalue weighted by molar-refractivity contribution is -0.384. The fourth-order valence-corrected chi connectivity index (χ4v) is 7.26. The van der Waals surface area contributed by atoms with Gasteiger partial charge in [-0.2, -0.15) is 0 Å². The number of non-ortho nitro benzene ring substituents is 1. The summed E-state index contributed by atoms with van der Waals surface area (Å²) < 4.78 is 5.79. The van der Waals surface area contributed by atoms with E-state index in [1.165, 1.54) is 24.3 Å². The number of ketones is 2. The van der Waals surface area contributed by atoms with Crippen LogP contribution in [0.2, 0.25) is 0 Å². The molecular weight excluding hydrogens is 570 g/mol. The van der Waals surface area contributed by atoms with Gasteiger partial charge in [-0.1, -0.05) is 54.6 Å². The molecule has 0 unspecified atom stereocenters. The van der Waals surface area contributed by atoms with E-state index in [2.05, 4.69) is 5.32 Å². The second kappa shape index (κ2) is 10.6. The molecule has 1 spiro atoms. The molecule has 3 heterocycles. The highest BCUT2D eigenvalue weighted by Crippen LogP contribution is 2.62. The van der Waals surface area contributed by atoms with Crippen molar-refractivity contribution in [3.8, 4) is 5.75 Å². The van der Waals surface area contributed by atoms with Gasteiger partial charge in [0.2, 0.25) is 5.91 Å². The van der Waals surface area contributed by atoms with Crippen molar-refractivity contribution in [2.24, 2.45) is 5.92 Å². The highest BCUT2D eigenvalue weighted by atomic mass is 16.6. The van der Waals surface area contributed by atoms with E-state index in [9.17, 15) is 24.5 Å². The van der Waals surface area contributed by atoms with Crippen LogP contribution in [0.1, 0.15) is 57.3 Å². The predicted molar refractivity (Wildman–Crippen MR) is 168 cm³/mol. The van der Waals surface area contributed by atoms with Gasteiger partial charge in [0.1, 0.15) is 17.2 Å². The number of anilines is 1. The first-order valence-electron chi connectivity index (χ1n) is 14.8. The Bertz CT molecular complexity index is 1920. The molecule has 1 amide bonds. The number of para-hydroxylation sites is 1. The number of benzene rings is 4. The summed E-state index contributed by atoms with van der Waals surface area (Å²) in [6.07, 6.45) is 3.58. The van der Waals surface area contributed by atoms with Crippen molar-refractivity contribution in [3.05, 3.63) is 141 Å². The number of Topliss-reactive ketones (excluding diaryl/α,β-unsaturated/α-hetero) is 2. The van der Waals surface area contributed by atoms with Crippen molar-refractivity contribution in [2.75, 3.05) is 5.32 Å². The van der Waals surface area contributed by atoms with E-state index in [4.69, 9.17) is 4.74 Å². The maximum absolute atomic E-state index is 14.9. The molecule has 1 saturated heterocycles. The molecule has 45 heavy (non-hydrogen) atoms. The molecule has 7 rings (SSSR count). The highest BCUT2D eigenvalue weighted by molar-refractivity contribution is 6.16. The molecule has 4 aromatic carbocycles. The van der Waals surface area contributed by atoms with Gasteiger partial charge in [0.05, 0.1) is 23.0 Å². The first-order valence-corrected chi connectivity index (χ1v) is 14.8. The number of carbonyl (C=O) groups is 3. The van der Waals surface area contributed by atoms with Gasteiger partial charge in [0.25, 0.3) is 5.69 Å². The molecule has 3 aliphatic rings. The second-order valence-corrected chi connectivity index (χ2v) is 11.8. The van der Waals surface area contributed by atoms with Gasteiger partial charge in [-0.05, 0) is 66.9 Å². The summed E-state index contributed by atoms with van der Waals surface area (Å²) in [5, 5.41) is 14.7. The summed E-state index contributed by atoms with van der Waals surface area (Å²) in [5.74, 6) is -1.85. The van der Waals surface area contributed by atoms with Crippen LogP contribution < -0.4 is 10.1 Å². The number of fused-ring (bicyclic) bond motifs is 6. The zero-order valence-electron chi connectivity index (χ0n) is 24.5. The summed E-state index contributed by atoms with van der Waals surface area (Å²) in [5.41, 5.74) is 1.56. The van der Waals surface area contributed by atoms with Crippen LogP contribution >= 0.6 is 0 Å². The lowest BCUT2D eigenvalue weighted by Gasteiger charge is -2.38. The van der Waals surface area contributed by atoms with Crippen LogP contribution in [0.4, 0.5) is 11.4 Å². The van der Waals surface area contributed by atoms with E-state index in [0.29, 0.717) is 22.6 Å². The summed E-state index contributed by atoms with van der Waals surface area (Å²) in [6, 6.07) is 25.3. The van der Waals surface area contributed by atoms with Crippen molar-refractivity contribution in [1.29, 1.82) is 0 Å². The molecule has 0 saturated carbocycles. The number of rotatable bonds is 7. The van der Waals surface area contributed by atoms with Crippen molar-refractivity contribution in [1.82, 2.24) is 4.90 Å². The van der Waals surface area contributed by atoms with E-state index >= 15 is 0 Å². The van der Waals surface area contributed by atoms with Gasteiger partial charge in [-0.3, -0.25) is 24.5 Å². The van der Waals surface area contributed by atoms with Crippen LogP contribution in [0.25, 0.3) is 6.08 Å². The van der Waals surface area contributed by atoms with Gasteiger partial charge in [0, 0.05) is 35.1 Å². The van der Waals surface area contributed by atoms with Gasteiger partial charge >= 0.3 is 0 Å². The maximum Gasteiger partial charge on any atom is 0.270 e. The third-order valence-corrected chi connectivity index (χ3v) is 8.97. The Hall–Kier alpha value is -5.57. The quantitative estimate of drug-likeness (QED) is 0.149. The zero-order valence-corrected chi connectivity index (χ0v) is 24.5. The average molecular weight is 600 g/mol.